The number of carbonyl (C=O) groups is 8. The van der Waals surface area contributed by atoms with E-state index < -0.39 is 80.9 Å². The first-order chi connectivity index (χ1) is 26.9. The lowest BCUT2D eigenvalue weighted by atomic mass is 9.96. The van der Waals surface area contributed by atoms with E-state index in [1.807, 2.05) is 13.8 Å². The van der Waals surface area contributed by atoms with Gasteiger partial charge in [-0.1, -0.05) is 0 Å². The van der Waals surface area contributed by atoms with Gasteiger partial charge in [0.25, 0.3) is 23.6 Å². The van der Waals surface area contributed by atoms with E-state index in [4.69, 9.17) is 4.74 Å². The number of aryl methyl sites for hydroxylation is 2. The van der Waals surface area contributed by atoms with Gasteiger partial charge in [0.2, 0.25) is 0 Å². The number of hydrogen-bond acceptors (Lipinski definition) is 11. The number of hydrogen-bond donors (Lipinski definition) is 8. The molecule has 0 saturated carbocycles. The molecule has 19 heteroatoms. The van der Waals surface area contributed by atoms with E-state index in [1.165, 1.54) is 40.4 Å². The quantitative estimate of drug-likeness (QED) is 0.0903. The van der Waals surface area contributed by atoms with Crippen molar-refractivity contribution in [3.8, 4) is 5.75 Å². The van der Waals surface area contributed by atoms with Gasteiger partial charge in [-0.15, -0.1) is 0 Å². The highest BCUT2D eigenvalue weighted by molar-refractivity contribution is 6.16. The molecule has 8 N–H and O–H groups in total. The predicted octanol–water partition coefficient (Wildman–Crippen LogP) is 4.73. The fourth-order valence-corrected chi connectivity index (χ4v) is 5.10. The topological polar surface area (TPSA) is 300 Å². The second-order valence-electron chi connectivity index (χ2n) is 11.7. The van der Waals surface area contributed by atoms with Crippen molar-refractivity contribution in [1.29, 1.82) is 0 Å². The number of anilines is 2. The highest BCUT2D eigenvalue weighted by Crippen LogP contribution is 2.29. The van der Waals surface area contributed by atoms with E-state index in [9.17, 15) is 58.8 Å². The van der Waals surface area contributed by atoms with Gasteiger partial charge in [-0.05, 0) is 85.6 Å². The summed E-state index contributed by atoms with van der Waals surface area (Å²) < 4.78 is 5.24. The average Bonchev–Trinajstić information content (AvgIpc) is 3.18. The van der Waals surface area contributed by atoms with Crippen molar-refractivity contribution in [3.05, 3.63) is 116 Å². The van der Waals surface area contributed by atoms with E-state index >= 15 is 0 Å². The monoisotopic (exact) mass is 784 g/mol. The van der Waals surface area contributed by atoms with E-state index in [-0.39, 0.29) is 11.1 Å². The normalized spacial score (nSPS) is 10.4. The van der Waals surface area contributed by atoms with Crippen molar-refractivity contribution in [1.82, 2.24) is 10.6 Å². The van der Waals surface area contributed by atoms with Crippen LogP contribution in [0.5, 0.6) is 5.75 Å². The summed E-state index contributed by atoms with van der Waals surface area (Å²) in [5.41, 5.74) is -0.544. The standard InChI is InChI=1S/C20H20N2O7.C18H16N4O6/c1-9-5-15(16(29-4)6-10(9)2)22-18(24)12-8-13(19(25)26)11(17(23)21-3)7-14(12)20(27)28;1-19-15(23)11-7-14(18(27)28)12(8-13(11)17(25)26)16(24)21-9-3-5-10(6-4-9)22-20-2/h5-8H,1-4H3,(H,21,23)(H,22,24)(H,25,26)(H,27,28);3-8H,1-2H3,(H,19,23)(H,21,24)(H,25,26)(H,27,28). The first-order valence-electron chi connectivity index (χ1n) is 16.3. The van der Waals surface area contributed by atoms with Gasteiger partial charge in [0.1, 0.15) is 5.75 Å². The molecule has 0 radical (unpaired) electrons. The maximum atomic E-state index is 12.8. The van der Waals surface area contributed by atoms with Crippen LogP contribution in [0, 0.1) is 13.8 Å². The van der Waals surface area contributed by atoms with Crippen LogP contribution in [0.25, 0.3) is 0 Å². The molecule has 0 saturated heterocycles. The largest absolute Gasteiger partial charge is 0.495 e. The molecule has 0 aliphatic carbocycles. The van der Waals surface area contributed by atoms with Gasteiger partial charge >= 0.3 is 23.9 Å². The average molecular weight is 785 g/mol. The number of nitrogens with one attached hydrogen (secondary N) is 4. The molecule has 4 amide bonds. The van der Waals surface area contributed by atoms with Crippen LogP contribution in [0.4, 0.5) is 17.1 Å². The summed E-state index contributed by atoms with van der Waals surface area (Å²) in [6, 6.07) is 13.1. The van der Waals surface area contributed by atoms with Crippen LogP contribution in [-0.4, -0.2) is 96.2 Å². The minimum atomic E-state index is -1.48. The summed E-state index contributed by atoms with van der Waals surface area (Å²) in [5.74, 6) is -8.81. The van der Waals surface area contributed by atoms with Crippen LogP contribution in [0.2, 0.25) is 0 Å². The predicted molar refractivity (Wildman–Crippen MR) is 203 cm³/mol. The molecule has 0 heterocycles. The number of ether oxygens (including phenoxy) is 1. The van der Waals surface area contributed by atoms with Crippen molar-refractivity contribution < 1.29 is 63.5 Å². The molecule has 296 valence electrons. The Hall–Kier alpha value is -7.96. The zero-order valence-electron chi connectivity index (χ0n) is 31.1. The second kappa shape index (κ2) is 18.9. The van der Waals surface area contributed by atoms with Crippen LogP contribution >= 0.6 is 0 Å². The van der Waals surface area contributed by atoms with Crippen molar-refractivity contribution in [2.75, 3.05) is 38.9 Å². The van der Waals surface area contributed by atoms with Gasteiger partial charge in [0.15, 0.2) is 0 Å². The summed E-state index contributed by atoms with van der Waals surface area (Å²) >= 11 is 0. The Balaban J connectivity index is 0.000000306. The lowest BCUT2D eigenvalue weighted by Gasteiger charge is -2.15. The lowest BCUT2D eigenvalue weighted by Crippen LogP contribution is -2.24. The molecular weight excluding hydrogens is 748 g/mol. The van der Waals surface area contributed by atoms with E-state index in [0.29, 0.717) is 22.8 Å². The zero-order chi connectivity index (χ0) is 42.7. The van der Waals surface area contributed by atoms with Crippen molar-refractivity contribution in [3.63, 3.8) is 0 Å². The fraction of sp³-hybridized carbons (Fsp3) is 0.158. The summed E-state index contributed by atoms with van der Waals surface area (Å²) in [6.07, 6.45) is 0. The number of aromatic carboxylic acids is 4. The third-order valence-electron chi connectivity index (χ3n) is 8.07. The summed E-state index contributed by atoms with van der Waals surface area (Å²) in [7, 11) is 5.48. The maximum absolute atomic E-state index is 12.8. The van der Waals surface area contributed by atoms with Crippen molar-refractivity contribution in [2.45, 2.75) is 13.8 Å². The number of rotatable bonds is 12. The summed E-state index contributed by atoms with van der Waals surface area (Å²) in [6.45, 7) is 3.69. The summed E-state index contributed by atoms with van der Waals surface area (Å²) in [5, 5.41) is 54.6. The molecule has 19 nitrogen and oxygen atoms in total. The Kier molecular flexibility index (Phi) is 14.4. The number of methoxy groups -OCH3 is 1. The highest BCUT2D eigenvalue weighted by Gasteiger charge is 2.27. The molecule has 57 heavy (non-hydrogen) atoms. The van der Waals surface area contributed by atoms with Crippen LogP contribution < -0.4 is 26.0 Å². The van der Waals surface area contributed by atoms with Gasteiger partial charge in [-0.2, -0.15) is 10.2 Å². The molecule has 0 atom stereocenters. The van der Waals surface area contributed by atoms with E-state index in [1.54, 1.807) is 24.3 Å². The number of carboxylic acids is 4. The molecule has 0 fully saturated rings. The van der Waals surface area contributed by atoms with Crippen LogP contribution in [0.3, 0.4) is 0 Å². The van der Waals surface area contributed by atoms with Gasteiger partial charge < -0.3 is 46.4 Å². The van der Waals surface area contributed by atoms with Crippen molar-refractivity contribution in [2.24, 2.45) is 10.2 Å². The Labute approximate surface area is 323 Å². The molecule has 0 unspecified atom stereocenters. The van der Waals surface area contributed by atoms with Crippen molar-refractivity contribution >= 4 is 64.6 Å². The molecule has 0 aliphatic rings. The number of nitrogens with zero attached hydrogens (tertiary/aromatic N) is 2. The smallest absolute Gasteiger partial charge is 0.336 e. The third kappa shape index (κ3) is 10.4. The van der Waals surface area contributed by atoms with Gasteiger partial charge in [0, 0.05) is 26.8 Å². The van der Waals surface area contributed by atoms with Crippen LogP contribution in [-0.2, 0) is 0 Å². The number of azo groups is 1. The van der Waals surface area contributed by atoms with Gasteiger partial charge in [-0.25, -0.2) is 19.2 Å². The maximum Gasteiger partial charge on any atom is 0.336 e. The lowest BCUT2D eigenvalue weighted by molar-refractivity contribution is 0.0676. The fourth-order valence-electron chi connectivity index (χ4n) is 5.10. The molecule has 0 bridgehead atoms. The van der Waals surface area contributed by atoms with Gasteiger partial charge in [-0.3, -0.25) is 19.2 Å². The number of amides is 4. The minimum absolute atomic E-state index is 0.296. The van der Waals surface area contributed by atoms with E-state index in [0.717, 1.165) is 35.4 Å². The Morgan fingerprint density at radius 3 is 1.25 bits per heavy atom. The second-order valence-corrected chi connectivity index (χ2v) is 11.7. The first-order valence-corrected chi connectivity index (χ1v) is 16.3. The number of carboxylic acid groups (broad SMARTS) is 4. The molecule has 4 aromatic carbocycles. The number of benzene rings is 4. The SMILES string of the molecule is CN=Nc1ccc(NC(=O)c2cc(C(=O)O)c(C(=O)NC)cc2C(=O)O)cc1.CNC(=O)c1cc(C(=O)O)c(C(=O)Nc2cc(C)c(C)cc2OC)cc1C(=O)O. The molecule has 0 spiro atoms. The van der Waals surface area contributed by atoms with Gasteiger partial charge in [0.05, 0.1) is 63.0 Å². The molecule has 0 aromatic heterocycles. The highest BCUT2D eigenvalue weighted by atomic mass is 16.5. The Bertz CT molecular complexity index is 2340. The molecular formula is C38H36N6O13. The third-order valence-corrected chi connectivity index (χ3v) is 8.07. The van der Waals surface area contributed by atoms with Crippen LogP contribution in [0.15, 0.2) is 70.9 Å². The van der Waals surface area contributed by atoms with Crippen LogP contribution in [0.1, 0.15) is 94.0 Å². The van der Waals surface area contributed by atoms with E-state index in [2.05, 4.69) is 31.5 Å². The molecule has 4 aromatic rings. The molecule has 4 rings (SSSR count). The first kappa shape index (κ1) is 43.4. The minimum Gasteiger partial charge on any atom is -0.495 e. The Morgan fingerprint density at radius 1 is 0.526 bits per heavy atom. The molecule has 0 aliphatic heterocycles. The summed E-state index contributed by atoms with van der Waals surface area (Å²) in [4.78, 5) is 95.5. The Morgan fingerprint density at radius 2 is 0.895 bits per heavy atom. The zero-order valence-corrected chi connectivity index (χ0v) is 31.1. The number of carbonyl (C=O) groups excluding carboxylic acids is 4.